The van der Waals surface area contributed by atoms with Gasteiger partial charge in [-0.3, -0.25) is 4.79 Å². The van der Waals surface area contributed by atoms with Crippen LogP contribution in [0.25, 0.3) is 10.6 Å². The van der Waals surface area contributed by atoms with E-state index < -0.39 is 5.97 Å². The van der Waals surface area contributed by atoms with Gasteiger partial charge in [0.15, 0.2) is 0 Å². The molecule has 3 aromatic rings. The fourth-order valence-corrected chi connectivity index (χ4v) is 4.92. The molecule has 0 saturated heterocycles. The molecule has 0 saturated carbocycles. The van der Waals surface area contributed by atoms with Gasteiger partial charge in [-0.25, -0.2) is 9.37 Å². The van der Waals surface area contributed by atoms with Crippen molar-refractivity contribution in [1.82, 2.24) is 4.98 Å². The molecule has 0 bridgehead atoms. The van der Waals surface area contributed by atoms with E-state index in [1.165, 1.54) is 35.5 Å². The second-order valence-corrected chi connectivity index (χ2v) is 8.66. The summed E-state index contributed by atoms with van der Waals surface area (Å²) in [4.78, 5) is 16.8. The molecule has 156 valence electrons. The van der Waals surface area contributed by atoms with Gasteiger partial charge in [-0.15, -0.1) is 11.3 Å². The van der Waals surface area contributed by atoms with E-state index in [2.05, 4.69) is 0 Å². The molecule has 1 aliphatic carbocycles. The fraction of sp³-hybridized carbons (Fsp3) is 0.333. The van der Waals surface area contributed by atoms with Crippen LogP contribution >= 0.6 is 11.3 Å². The first-order chi connectivity index (χ1) is 14.6. The first kappa shape index (κ1) is 20.5. The van der Waals surface area contributed by atoms with Gasteiger partial charge in [0.1, 0.15) is 23.2 Å². The van der Waals surface area contributed by atoms with Crippen LogP contribution in [0.3, 0.4) is 0 Å². The second kappa shape index (κ2) is 9.39. The van der Waals surface area contributed by atoms with E-state index >= 15 is 0 Å². The number of aromatic nitrogens is 1. The molecule has 1 aromatic heterocycles. The molecule has 0 atom stereocenters. The molecule has 1 N–H and O–H groups in total. The van der Waals surface area contributed by atoms with Crippen molar-refractivity contribution in [2.24, 2.45) is 0 Å². The Kier molecular flexibility index (Phi) is 6.43. The number of halogens is 1. The van der Waals surface area contributed by atoms with Gasteiger partial charge >= 0.3 is 5.97 Å². The van der Waals surface area contributed by atoms with Crippen LogP contribution in [0.2, 0.25) is 0 Å². The van der Waals surface area contributed by atoms with Crippen LogP contribution in [0, 0.1) is 5.82 Å². The van der Waals surface area contributed by atoms with Crippen molar-refractivity contribution in [2.75, 3.05) is 0 Å². The highest BCUT2D eigenvalue weighted by molar-refractivity contribution is 7.15. The third-order valence-corrected chi connectivity index (χ3v) is 6.51. The molecule has 4 rings (SSSR count). The minimum atomic E-state index is -0.776. The number of fused-ring (bicyclic) bond motifs is 1. The predicted octanol–water partition coefficient (Wildman–Crippen LogP) is 5.81. The van der Waals surface area contributed by atoms with Crippen molar-refractivity contribution in [1.29, 1.82) is 0 Å². The second-order valence-electron chi connectivity index (χ2n) is 7.58. The van der Waals surface area contributed by atoms with Gasteiger partial charge in [-0.1, -0.05) is 12.1 Å². The van der Waals surface area contributed by atoms with Crippen LogP contribution in [0.15, 0.2) is 42.5 Å². The van der Waals surface area contributed by atoms with Crippen LogP contribution in [0.4, 0.5) is 4.39 Å². The normalized spacial score (nSPS) is 13.1. The molecule has 1 heterocycles. The summed E-state index contributed by atoms with van der Waals surface area (Å²) in [6.45, 7) is 0.260. The lowest BCUT2D eigenvalue weighted by Crippen LogP contribution is -2.00. The van der Waals surface area contributed by atoms with Crippen LogP contribution in [-0.2, 0) is 30.7 Å². The summed E-state index contributed by atoms with van der Waals surface area (Å²) in [5.74, 6) is -0.361. The van der Waals surface area contributed by atoms with Crippen LogP contribution in [-0.4, -0.2) is 16.1 Å². The van der Waals surface area contributed by atoms with Crippen molar-refractivity contribution in [3.63, 3.8) is 0 Å². The van der Waals surface area contributed by atoms with Gasteiger partial charge < -0.3 is 9.84 Å². The molecule has 0 unspecified atom stereocenters. The molecule has 0 amide bonds. The lowest BCUT2D eigenvalue weighted by molar-refractivity contribution is -0.137. The molecule has 1 aliphatic rings. The highest BCUT2D eigenvalue weighted by Gasteiger charge is 2.18. The third kappa shape index (κ3) is 5.05. The number of benzene rings is 2. The number of aryl methyl sites for hydroxylation is 3. The molecule has 0 aliphatic heterocycles. The Balaban J connectivity index is 1.45. The third-order valence-electron chi connectivity index (χ3n) is 5.32. The Hall–Kier alpha value is -2.73. The maximum absolute atomic E-state index is 13.9. The van der Waals surface area contributed by atoms with Crippen molar-refractivity contribution in [3.8, 4) is 16.3 Å². The monoisotopic (exact) mass is 425 g/mol. The fourth-order valence-electron chi connectivity index (χ4n) is 3.71. The van der Waals surface area contributed by atoms with E-state index in [1.807, 2.05) is 24.3 Å². The molecule has 2 aromatic carbocycles. The zero-order chi connectivity index (χ0) is 20.9. The predicted molar refractivity (Wildman–Crippen MR) is 115 cm³/mol. The van der Waals surface area contributed by atoms with Gasteiger partial charge in [0, 0.05) is 22.4 Å². The Morgan fingerprint density at radius 1 is 1.13 bits per heavy atom. The molecular weight excluding hydrogens is 401 g/mol. The highest BCUT2D eigenvalue weighted by atomic mass is 32.1. The zero-order valence-electron chi connectivity index (χ0n) is 16.7. The Labute approximate surface area is 179 Å². The van der Waals surface area contributed by atoms with Crippen molar-refractivity contribution >= 4 is 17.3 Å². The topological polar surface area (TPSA) is 59.4 Å². The maximum atomic E-state index is 13.9. The Bertz CT molecular complexity index is 1010. The number of carboxylic acids is 1. The largest absolute Gasteiger partial charge is 0.489 e. The van der Waals surface area contributed by atoms with Crippen molar-refractivity contribution in [2.45, 2.75) is 51.6 Å². The summed E-state index contributed by atoms with van der Waals surface area (Å²) >= 11 is 1.71. The van der Waals surface area contributed by atoms with Gasteiger partial charge in [0.2, 0.25) is 0 Å². The van der Waals surface area contributed by atoms with Crippen LogP contribution in [0.1, 0.15) is 47.4 Å². The van der Waals surface area contributed by atoms with E-state index in [-0.39, 0.29) is 18.8 Å². The van der Waals surface area contributed by atoms with E-state index in [0.29, 0.717) is 12.2 Å². The molecule has 30 heavy (non-hydrogen) atoms. The van der Waals surface area contributed by atoms with Crippen LogP contribution < -0.4 is 4.74 Å². The summed E-state index contributed by atoms with van der Waals surface area (Å²) in [7, 11) is 0. The molecule has 4 nitrogen and oxygen atoms in total. The van der Waals surface area contributed by atoms with Crippen LogP contribution in [0.5, 0.6) is 5.75 Å². The molecule has 0 fully saturated rings. The average Bonchev–Trinajstić information content (AvgIpc) is 3.17. The van der Waals surface area contributed by atoms with E-state index in [4.69, 9.17) is 14.8 Å². The van der Waals surface area contributed by atoms with E-state index in [0.717, 1.165) is 41.0 Å². The number of carbonyl (C=O) groups is 1. The van der Waals surface area contributed by atoms with Crippen molar-refractivity contribution < 1.29 is 19.0 Å². The van der Waals surface area contributed by atoms with Gasteiger partial charge in [-0.05, 0) is 74.4 Å². The zero-order valence-corrected chi connectivity index (χ0v) is 17.5. The standard InChI is InChI=1S/C24H24FNO3S/c25-18-10-13-20(24-26-21-5-1-2-6-22(21)30-24)17(14-18)15-29-19-11-8-16(9-12-19)4-3-7-23(27)28/h8-14H,1-7,15H2,(H,27,28). The quantitative estimate of drug-likeness (QED) is 0.494. The molecule has 6 heteroatoms. The summed E-state index contributed by atoms with van der Waals surface area (Å²) in [6.07, 6.45) is 5.99. The number of rotatable bonds is 8. The summed E-state index contributed by atoms with van der Waals surface area (Å²) in [5, 5.41) is 9.67. The summed E-state index contributed by atoms with van der Waals surface area (Å²) in [6, 6.07) is 12.4. The number of thiazole rings is 1. The first-order valence-corrected chi connectivity index (χ1v) is 11.1. The van der Waals surface area contributed by atoms with Crippen molar-refractivity contribution in [3.05, 3.63) is 70.0 Å². The average molecular weight is 426 g/mol. The lowest BCUT2D eigenvalue weighted by atomic mass is 10.0. The van der Waals surface area contributed by atoms with E-state index in [9.17, 15) is 9.18 Å². The molecule has 0 spiro atoms. The lowest BCUT2D eigenvalue weighted by Gasteiger charge is -2.11. The van der Waals surface area contributed by atoms with E-state index in [1.54, 1.807) is 17.4 Å². The van der Waals surface area contributed by atoms with Gasteiger partial charge in [0.25, 0.3) is 0 Å². The smallest absolute Gasteiger partial charge is 0.303 e. The number of nitrogens with zero attached hydrogens (tertiary/aromatic N) is 1. The molecule has 0 radical (unpaired) electrons. The number of carboxylic acid groups (broad SMARTS) is 1. The minimum Gasteiger partial charge on any atom is -0.489 e. The number of ether oxygens (including phenoxy) is 1. The molecular formula is C24H24FNO3S. The highest BCUT2D eigenvalue weighted by Crippen LogP contribution is 2.35. The maximum Gasteiger partial charge on any atom is 0.303 e. The number of hydrogen-bond acceptors (Lipinski definition) is 4. The first-order valence-electron chi connectivity index (χ1n) is 10.3. The number of aliphatic carboxylic acids is 1. The SMILES string of the molecule is O=C(O)CCCc1ccc(OCc2cc(F)ccc2-c2nc3c(s2)CCCC3)cc1. The number of hydrogen-bond donors (Lipinski definition) is 1. The Morgan fingerprint density at radius 2 is 1.93 bits per heavy atom. The minimum absolute atomic E-state index is 0.167. The Morgan fingerprint density at radius 3 is 2.70 bits per heavy atom. The van der Waals surface area contributed by atoms with Gasteiger partial charge in [-0.2, -0.15) is 0 Å². The summed E-state index contributed by atoms with van der Waals surface area (Å²) in [5.41, 5.74) is 3.98. The van der Waals surface area contributed by atoms with Gasteiger partial charge in [0.05, 0.1) is 5.69 Å². The summed E-state index contributed by atoms with van der Waals surface area (Å²) < 4.78 is 19.9.